The maximum absolute atomic E-state index is 12.0. The minimum Gasteiger partial charge on any atom is -0.478 e. The molecule has 1 heterocycles. The first kappa shape index (κ1) is 14.5. The van der Waals surface area contributed by atoms with Gasteiger partial charge in [0.15, 0.2) is 0 Å². The number of rotatable bonds is 3. The fourth-order valence-corrected chi connectivity index (χ4v) is 2.01. The summed E-state index contributed by atoms with van der Waals surface area (Å²) in [5.41, 5.74) is 0.341. The van der Waals surface area contributed by atoms with E-state index in [1.807, 2.05) is 0 Å². The van der Waals surface area contributed by atoms with Crippen molar-refractivity contribution in [3.05, 3.63) is 57.2 Å². The summed E-state index contributed by atoms with van der Waals surface area (Å²) in [6.07, 6.45) is 1.17. The van der Waals surface area contributed by atoms with Gasteiger partial charge in [0.2, 0.25) is 0 Å². The molecule has 2 N–H and O–H groups in total. The summed E-state index contributed by atoms with van der Waals surface area (Å²) >= 11 is 9.20. The van der Waals surface area contributed by atoms with Crippen LogP contribution in [-0.2, 0) is 0 Å². The molecule has 2 aromatic rings. The van der Waals surface area contributed by atoms with Gasteiger partial charge in [0, 0.05) is 10.7 Å². The molecule has 0 atom stereocenters. The van der Waals surface area contributed by atoms with Gasteiger partial charge in [0.25, 0.3) is 5.91 Å². The highest BCUT2D eigenvalue weighted by Gasteiger charge is 2.12. The Morgan fingerprint density at radius 2 is 2.00 bits per heavy atom. The molecule has 20 heavy (non-hydrogen) atoms. The molecule has 0 bridgehead atoms. The van der Waals surface area contributed by atoms with Crippen molar-refractivity contribution in [2.45, 2.75) is 0 Å². The van der Waals surface area contributed by atoms with E-state index in [4.69, 9.17) is 16.7 Å². The fourth-order valence-electron chi connectivity index (χ4n) is 1.45. The molecule has 0 aliphatic rings. The van der Waals surface area contributed by atoms with Gasteiger partial charge in [-0.05, 0) is 30.3 Å². The Morgan fingerprint density at radius 3 is 2.60 bits per heavy atom. The normalized spacial score (nSPS) is 10.1. The molecule has 5 nitrogen and oxygen atoms in total. The summed E-state index contributed by atoms with van der Waals surface area (Å²) in [4.78, 5) is 26.6. The van der Waals surface area contributed by atoms with E-state index in [0.717, 1.165) is 4.47 Å². The Balaban J connectivity index is 2.19. The van der Waals surface area contributed by atoms with E-state index in [2.05, 4.69) is 26.2 Å². The molecule has 1 aromatic heterocycles. The van der Waals surface area contributed by atoms with Crippen LogP contribution in [0.4, 0.5) is 5.82 Å². The second-order valence-corrected chi connectivity index (χ2v) is 5.14. The van der Waals surface area contributed by atoms with Gasteiger partial charge in [-0.3, -0.25) is 4.79 Å². The molecule has 0 saturated heterocycles. The number of carboxylic acids is 1. The van der Waals surface area contributed by atoms with Crippen molar-refractivity contribution < 1.29 is 14.7 Å². The maximum atomic E-state index is 12.0. The number of hydrogen-bond donors (Lipinski definition) is 2. The van der Waals surface area contributed by atoms with Crippen LogP contribution in [0.15, 0.2) is 41.0 Å². The minimum absolute atomic E-state index is 0.0449. The van der Waals surface area contributed by atoms with E-state index in [1.165, 1.54) is 18.3 Å². The van der Waals surface area contributed by atoms with Gasteiger partial charge in [-0.1, -0.05) is 27.5 Å². The lowest BCUT2D eigenvalue weighted by Crippen LogP contribution is -2.13. The zero-order chi connectivity index (χ0) is 14.7. The molecule has 0 fully saturated rings. The summed E-state index contributed by atoms with van der Waals surface area (Å²) in [6.45, 7) is 0. The Morgan fingerprint density at radius 1 is 1.25 bits per heavy atom. The molecule has 2 rings (SSSR count). The van der Waals surface area contributed by atoms with Crippen molar-refractivity contribution >= 4 is 45.2 Å². The highest BCUT2D eigenvalue weighted by atomic mass is 79.9. The average Bonchev–Trinajstić information content (AvgIpc) is 2.42. The molecule has 0 saturated carbocycles. The van der Waals surface area contributed by atoms with Crippen LogP contribution < -0.4 is 5.32 Å². The number of halogens is 2. The van der Waals surface area contributed by atoms with Crippen LogP contribution in [0.2, 0.25) is 5.02 Å². The Kier molecular flexibility index (Phi) is 4.36. The molecule has 0 unspecified atom stereocenters. The molecule has 0 aliphatic heterocycles. The average molecular weight is 356 g/mol. The lowest BCUT2D eigenvalue weighted by atomic mass is 10.2. The summed E-state index contributed by atoms with van der Waals surface area (Å²) in [5.74, 6) is -1.26. The predicted octanol–water partition coefficient (Wildman–Crippen LogP) is 3.45. The third-order valence-electron chi connectivity index (χ3n) is 2.43. The van der Waals surface area contributed by atoms with Gasteiger partial charge in [0.1, 0.15) is 5.82 Å². The highest BCUT2D eigenvalue weighted by molar-refractivity contribution is 9.10. The van der Waals surface area contributed by atoms with Crippen LogP contribution in [0.25, 0.3) is 0 Å². The van der Waals surface area contributed by atoms with Gasteiger partial charge < -0.3 is 10.4 Å². The van der Waals surface area contributed by atoms with E-state index in [9.17, 15) is 9.59 Å². The van der Waals surface area contributed by atoms with Gasteiger partial charge in [-0.25, -0.2) is 9.78 Å². The fraction of sp³-hybridized carbons (Fsp3) is 0. The number of anilines is 1. The first-order valence-corrected chi connectivity index (χ1v) is 6.60. The maximum Gasteiger partial charge on any atom is 0.337 e. The van der Waals surface area contributed by atoms with Crippen molar-refractivity contribution in [2.24, 2.45) is 0 Å². The molecular formula is C13H8BrClN2O3. The lowest BCUT2D eigenvalue weighted by molar-refractivity contribution is 0.0696. The molecule has 0 spiro atoms. The standard InChI is InChI=1S/C13H8BrClN2O3/c14-8-2-3-10(15)9(5-8)12(18)17-11-4-1-7(6-16-11)13(19)20/h1-6H,(H,19,20)(H,16,17,18). The molecule has 102 valence electrons. The van der Waals surface area contributed by atoms with Crippen molar-refractivity contribution in [2.75, 3.05) is 5.32 Å². The zero-order valence-electron chi connectivity index (χ0n) is 9.93. The number of carbonyl (C=O) groups excluding carboxylic acids is 1. The Labute approximate surface area is 127 Å². The van der Waals surface area contributed by atoms with Gasteiger partial charge in [0.05, 0.1) is 16.1 Å². The number of nitrogens with zero attached hydrogens (tertiary/aromatic N) is 1. The topological polar surface area (TPSA) is 79.3 Å². The largest absolute Gasteiger partial charge is 0.478 e. The van der Waals surface area contributed by atoms with Crippen LogP contribution in [0, 0.1) is 0 Å². The highest BCUT2D eigenvalue weighted by Crippen LogP contribution is 2.21. The summed E-state index contributed by atoms with van der Waals surface area (Å²) in [7, 11) is 0. The molecule has 1 amide bonds. The van der Waals surface area contributed by atoms with E-state index in [0.29, 0.717) is 10.6 Å². The van der Waals surface area contributed by atoms with Crippen LogP contribution in [0.3, 0.4) is 0 Å². The number of carbonyl (C=O) groups is 2. The zero-order valence-corrected chi connectivity index (χ0v) is 12.3. The third-order valence-corrected chi connectivity index (χ3v) is 3.25. The Bertz CT molecular complexity index is 674. The number of benzene rings is 1. The number of nitrogens with one attached hydrogen (secondary N) is 1. The van der Waals surface area contributed by atoms with Gasteiger partial charge >= 0.3 is 5.97 Å². The molecule has 0 aliphatic carbocycles. The molecule has 1 aromatic carbocycles. The number of pyridine rings is 1. The van der Waals surface area contributed by atoms with Crippen molar-refractivity contribution in [3.63, 3.8) is 0 Å². The second-order valence-electron chi connectivity index (χ2n) is 3.82. The smallest absolute Gasteiger partial charge is 0.337 e. The lowest BCUT2D eigenvalue weighted by Gasteiger charge is -2.06. The second kappa shape index (κ2) is 6.02. The molecule has 7 heteroatoms. The number of amides is 1. The summed E-state index contributed by atoms with van der Waals surface area (Å²) < 4.78 is 0.723. The quantitative estimate of drug-likeness (QED) is 0.884. The monoisotopic (exact) mass is 354 g/mol. The van der Waals surface area contributed by atoms with Crippen molar-refractivity contribution in [1.82, 2.24) is 4.98 Å². The number of aromatic carboxylic acids is 1. The van der Waals surface area contributed by atoms with Crippen LogP contribution in [0.5, 0.6) is 0 Å². The number of aromatic nitrogens is 1. The summed E-state index contributed by atoms with van der Waals surface area (Å²) in [6, 6.07) is 7.67. The van der Waals surface area contributed by atoms with Crippen molar-refractivity contribution in [1.29, 1.82) is 0 Å². The van der Waals surface area contributed by atoms with E-state index in [-0.39, 0.29) is 11.4 Å². The first-order chi connectivity index (χ1) is 9.47. The van der Waals surface area contributed by atoms with Crippen LogP contribution in [0.1, 0.15) is 20.7 Å². The number of hydrogen-bond acceptors (Lipinski definition) is 3. The first-order valence-electron chi connectivity index (χ1n) is 5.43. The van der Waals surface area contributed by atoms with Gasteiger partial charge in [-0.15, -0.1) is 0 Å². The third kappa shape index (κ3) is 3.34. The van der Waals surface area contributed by atoms with E-state index in [1.54, 1.807) is 18.2 Å². The van der Waals surface area contributed by atoms with Crippen molar-refractivity contribution in [3.8, 4) is 0 Å². The van der Waals surface area contributed by atoms with Crippen LogP contribution >= 0.6 is 27.5 Å². The Hall–Kier alpha value is -1.92. The molecule has 0 radical (unpaired) electrons. The summed E-state index contributed by atoms with van der Waals surface area (Å²) in [5, 5.41) is 11.6. The van der Waals surface area contributed by atoms with E-state index >= 15 is 0 Å². The minimum atomic E-state index is -1.08. The predicted molar refractivity (Wildman–Crippen MR) is 78.3 cm³/mol. The van der Waals surface area contributed by atoms with E-state index < -0.39 is 11.9 Å². The SMILES string of the molecule is O=C(O)c1ccc(NC(=O)c2cc(Br)ccc2Cl)nc1. The number of carboxylic acid groups (broad SMARTS) is 1. The van der Waals surface area contributed by atoms with Gasteiger partial charge in [-0.2, -0.15) is 0 Å². The van der Waals surface area contributed by atoms with Crippen LogP contribution in [-0.4, -0.2) is 22.0 Å². The molecular weight excluding hydrogens is 348 g/mol.